The van der Waals surface area contributed by atoms with Gasteiger partial charge in [0.25, 0.3) is 0 Å². The molecule has 2 aromatic carbocycles. The smallest absolute Gasteiger partial charge is 0.0830 e. The Morgan fingerprint density at radius 2 is 1.54 bits per heavy atom. The zero-order chi connectivity index (χ0) is 17.1. The van der Waals surface area contributed by atoms with E-state index >= 15 is 0 Å². The third-order valence-electron chi connectivity index (χ3n) is 4.93. The number of aromatic nitrogens is 3. The predicted molar refractivity (Wildman–Crippen MR) is 98.4 cm³/mol. The molecular formula is C21H25N3. The average molecular weight is 319 g/mol. The number of benzene rings is 2. The summed E-state index contributed by atoms with van der Waals surface area (Å²) in [5.41, 5.74) is 9.34. The Labute approximate surface area is 144 Å². The van der Waals surface area contributed by atoms with Gasteiger partial charge in [0.15, 0.2) is 0 Å². The highest BCUT2D eigenvalue weighted by Gasteiger charge is 2.10. The standard InChI is InChI=1S/C21H25N3/c1-15-12-16(2)18(4)21(17(15)3)11-10-20-14-24(23-22-20)13-19-8-6-5-7-9-19/h5-9,12,14H,10-11,13H2,1-4H3. The van der Waals surface area contributed by atoms with Crippen molar-refractivity contribution in [2.75, 3.05) is 0 Å². The normalized spacial score (nSPS) is 11.0. The van der Waals surface area contributed by atoms with Gasteiger partial charge in [0.05, 0.1) is 12.2 Å². The lowest BCUT2D eigenvalue weighted by molar-refractivity contribution is 0.649. The number of nitrogens with zero attached hydrogens (tertiary/aromatic N) is 3. The van der Waals surface area contributed by atoms with E-state index in [1.54, 1.807) is 0 Å². The van der Waals surface area contributed by atoms with Crippen molar-refractivity contribution in [1.29, 1.82) is 0 Å². The lowest BCUT2D eigenvalue weighted by Gasteiger charge is -2.14. The van der Waals surface area contributed by atoms with Crippen LogP contribution in [0.15, 0.2) is 42.6 Å². The second kappa shape index (κ2) is 7.00. The summed E-state index contributed by atoms with van der Waals surface area (Å²) in [6.07, 6.45) is 4.02. The van der Waals surface area contributed by atoms with Crippen molar-refractivity contribution in [3.8, 4) is 0 Å². The maximum absolute atomic E-state index is 4.34. The van der Waals surface area contributed by atoms with Crippen LogP contribution in [0.4, 0.5) is 0 Å². The Kier molecular flexibility index (Phi) is 4.79. The van der Waals surface area contributed by atoms with Gasteiger partial charge in [0.2, 0.25) is 0 Å². The largest absolute Gasteiger partial charge is 0.248 e. The molecule has 124 valence electrons. The van der Waals surface area contributed by atoms with E-state index < -0.39 is 0 Å². The predicted octanol–water partition coefficient (Wildman–Crippen LogP) is 4.35. The van der Waals surface area contributed by atoms with Gasteiger partial charge < -0.3 is 0 Å². The molecule has 0 N–H and O–H groups in total. The van der Waals surface area contributed by atoms with E-state index in [-0.39, 0.29) is 0 Å². The molecule has 3 heteroatoms. The van der Waals surface area contributed by atoms with E-state index in [9.17, 15) is 0 Å². The fourth-order valence-corrected chi connectivity index (χ4v) is 3.23. The van der Waals surface area contributed by atoms with Crippen LogP contribution < -0.4 is 0 Å². The molecule has 0 spiro atoms. The van der Waals surface area contributed by atoms with Crippen LogP contribution in [-0.4, -0.2) is 15.0 Å². The van der Waals surface area contributed by atoms with Gasteiger partial charge in [-0.2, -0.15) is 0 Å². The first kappa shape index (κ1) is 16.4. The molecule has 0 aliphatic carbocycles. The van der Waals surface area contributed by atoms with Crippen LogP contribution >= 0.6 is 0 Å². The van der Waals surface area contributed by atoms with E-state index in [0.29, 0.717) is 0 Å². The van der Waals surface area contributed by atoms with Crippen molar-refractivity contribution < 1.29 is 0 Å². The molecule has 0 radical (unpaired) electrons. The van der Waals surface area contributed by atoms with Crippen molar-refractivity contribution in [1.82, 2.24) is 15.0 Å². The number of hydrogen-bond donors (Lipinski definition) is 0. The van der Waals surface area contributed by atoms with Crippen LogP contribution in [0.2, 0.25) is 0 Å². The molecule has 0 aliphatic heterocycles. The summed E-state index contributed by atoms with van der Waals surface area (Å²) in [6, 6.07) is 12.7. The van der Waals surface area contributed by atoms with Gasteiger partial charge in [-0.1, -0.05) is 41.6 Å². The lowest BCUT2D eigenvalue weighted by Crippen LogP contribution is -2.02. The second-order valence-electron chi connectivity index (χ2n) is 6.63. The van der Waals surface area contributed by atoms with Crippen LogP contribution in [0.25, 0.3) is 0 Å². The molecule has 0 saturated carbocycles. The minimum atomic E-state index is 0.773. The van der Waals surface area contributed by atoms with E-state index in [1.807, 2.05) is 10.7 Å². The Morgan fingerprint density at radius 1 is 0.875 bits per heavy atom. The summed E-state index contributed by atoms with van der Waals surface area (Å²) in [6.45, 7) is 9.62. The first-order valence-corrected chi connectivity index (χ1v) is 8.54. The van der Waals surface area contributed by atoms with Gasteiger partial charge in [0, 0.05) is 6.20 Å². The summed E-state index contributed by atoms with van der Waals surface area (Å²) in [5.74, 6) is 0. The number of rotatable bonds is 5. The Balaban J connectivity index is 1.70. The topological polar surface area (TPSA) is 30.7 Å². The molecule has 0 saturated heterocycles. The Morgan fingerprint density at radius 3 is 2.21 bits per heavy atom. The van der Waals surface area contributed by atoms with Gasteiger partial charge in [-0.25, -0.2) is 4.68 Å². The first-order valence-electron chi connectivity index (χ1n) is 8.54. The summed E-state index contributed by atoms with van der Waals surface area (Å²) >= 11 is 0. The van der Waals surface area contributed by atoms with Crippen LogP contribution in [0, 0.1) is 27.7 Å². The van der Waals surface area contributed by atoms with Gasteiger partial charge in [-0.05, 0) is 73.9 Å². The summed E-state index contributed by atoms with van der Waals surface area (Å²) in [7, 11) is 0. The third-order valence-corrected chi connectivity index (χ3v) is 4.93. The molecule has 1 heterocycles. The maximum atomic E-state index is 4.34. The highest BCUT2D eigenvalue weighted by molar-refractivity contribution is 5.44. The molecule has 0 amide bonds. The number of aryl methyl sites for hydroxylation is 3. The second-order valence-corrected chi connectivity index (χ2v) is 6.63. The highest BCUT2D eigenvalue weighted by atomic mass is 15.4. The van der Waals surface area contributed by atoms with E-state index in [0.717, 1.165) is 25.1 Å². The van der Waals surface area contributed by atoms with E-state index in [1.165, 1.54) is 33.4 Å². The molecule has 0 unspecified atom stereocenters. The Hall–Kier alpha value is -2.42. The van der Waals surface area contributed by atoms with E-state index in [2.05, 4.69) is 74.5 Å². The fraction of sp³-hybridized carbons (Fsp3) is 0.333. The summed E-state index contributed by atoms with van der Waals surface area (Å²) in [5, 5.41) is 8.61. The molecule has 1 aromatic heterocycles. The molecule has 0 atom stereocenters. The molecule has 0 fully saturated rings. The summed E-state index contributed by atoms with van der Waals surface area (Å²) < 4.78 is 1.92. The van der Waals surface area contributed by atoms with Crippen molar-refractivity contribution in [2.24, 2.45) is 0 Å². The minimum Gasteiger partial charge on any atom is -0.248 e. The number of hydrogen-bond acceptors (Lipinski definition) is 2. The van der Waals surface area contributed by atoms with Gasteiger partial charge in [-0.15, -0.1) is 5.10 Å². The van der Waals surface area contributed by atoms with Gasteiger partial charge >= 0.3 is 0 Å². The molecule has 3 nitrogen and oxygen atoms in total. The molecular weight excluding hydrogens is 294 g/mol. The van der Waals surface area contributed by atoms with Crippen molar-refractivity contribution in [2.45, 2.75) is 47.1 Å². The highest BCUT2D eigenvalue weighted by Crippen LogP contribution is 2.23. The van der Waals surface area contributed by atoms with Crippen molar-refractivity contribution >= 4 is 0 Å². The first-order chi connectivity index (χ1) is 11.5. The van der Waals surface area contributed by atoms with Crippen LogP contribution in [0.3, 0.4) is 0 Å². The van der Waals surface area contributed by atoms with Crippen LogP contribution in [0.1, 0.15) is 39.1 Å². The zero-order valence-corrected chi connectivity index (χ0v) is 15.0. The average Bonchev–Trinajstić information content (AvgIpc) is 3.01. The van der Waals surface area contributed by atoms with Gasteiger partial charge in [0.1, 0.15) is 0 Å². The van der Waals surface area contributed by atoms with Crippen molar-refractivity contribution in [3.05, 3.63) is 81.7 Å². The molecule has 24 heavy (non-hydrogen) atoms. The van der Waals surface area contributed by atoms with Crippen LogP contribution in [0.5, 0.6) is 0 Å². The molecule has 0 bridgehead atoms. The molecule has 0 aliphatic rings. The zero-order valence-electron chi connectivity index (χ0n) is 15.0. The molecule has 3 aromatic rings. The maximum Gasteiger partial charge on any atom is 0.0830 e. The quantitative estimate of drug-likeness (QED) is 0.700. The lowest BCUT2D eigenvalue weighted by atomic mass is 9.91. The Bertz CT molecular complexity index is 806. The van der Waals surface area contributed by atoms with Crippen LogP contribution in [-0.2, 0) is 19.4 Å². The molecule has 3 rings (SSSR count). The van der Waals surface area contributed by atoms with E-state index in [4.69, 9.17) is 0 Å². The van der Waals surface area contributed by atoms with Crippen molar-refractivity contribution in [3.63, 3.8) is 0 Å². The summed E-state index contributed by atoms with van der Waals surface area (Å²) in [4.78, 5) is 0. The SMILES string of the molecule is Cc1cc(C)c(C)c(CCc2cn(Cc3ccccc3)nn2)c1C. The third kappa shape index (κ3) is 3.56. The minimum absolute atomic E-state index is 0.773. The van der Waals surface area contributed by atoms with Gasteiger partial charge in [-0.3, -0.25) is 0 Å². The fourth-order valence-electron chi connectivity index (χ4n) is 3.23. The monoisotopic (exact) mass is 319 g/mol.